The standard InChI is InChI=1S/C12H16N2O3/c1-9-3-4-10(11(7-9)14(16)17)13-6-5-12(2,15)8-13/h3-4,7,15H,5-6,8H2,1-2H3. The average molecular weight is 236 g/mol. The molecule has 5 nitrogen and oxygen atoms in total. The molecule has 1 aliphatic rings. The van der Waals surface area contributed by atoms with Crippen LogP contribution < -0.4 is 4.90 Å². The van der Waals surface area contributed by atoms with Crippen LogP contribution in [0, 0.1) is 17.0 Å². The van der Waals surface area contributed by atoms with E-state index in [9.17, 15) is 15.2 Å². The molecule has 0 aromatic heterocycles. The number of nitro benzene ring substituents is 1. The van der Waals surface area contributed by atoms with E-state index in [0.717, 1.165) is 5.56 Å². The smallest absolute Gasteiger partial charge is 0.292 e. The van der Waals surface area contributed by atoms with E-state index in [1.165, 1.54) is 0 Å². The Morgan fingerprint density at radius 1 is 1.53 bits per heavy atom. The van der Waals surface area contributed by atoms with Crippen molar-refractivity contribution < 1.29 is 10.0 Å². The number of anilines is 1. The number of hydrogen-bond donors (Lipinski definition) is 1. The molecule has 1 atom stereocenters. The molecule has 92 valence electrons. The van der Waals surface area contributed by atoms with Crippen molar-refractivity contribution in [3.8, 4) is 0 Å². The second-order valence-electron chi connectivity index (χ2n) is 4.92. The Balaban J connectivity index is 2.36. The van der Waals surface area contributed by atoms with Gasteiger partial charge in [-0.25, -0.2) is 0 Å². The summed E-state index contributed by atoms with van der Waals surface area (Å²) in [6.45, 7) is 4.68. The van der Waals surface area contributed by atoms with Crippen LogP contribution in [0.5, 0.6) is 0 Å². The first kappa shape index (κ1) is 11.9. The molecule has 17 heavy (non-hydrogen) atoms. The van der Waals surface area contributed by atoms with Gasteiger partial charge in [0.05, 0.1) is 10.5 Å². The van der Waals surface area contributed by atoms with E-state index >= 15 is 0 Å². The van der Waals surface area contributed by atoms with Crippen LogP contribution in [0.2, 0.25) is 0 Å². The topological polar surface area (TPSA) is 66.6 Å². The third kappa shape index (κ3) is 2.39. The molecule has 0 amide bonds. The number of aryl methyl sites for hydroxylation is 1. The van der Waals surface area contributed by atoms with Crippen molar-refractivity contribution in [2.75, 3.05) is 18.0 Å². The maximum absolute atomic E-state index is 11.0. The van der Waals surface area contributed by atoms with Gasteiger partial charge < -0.3 is 10.0 Å². The van der Waals surface area contributed by atoms with Gasteiger partial charge in [-0.2, -0.15) is 0 Å². The van der Waals surface area contributed by atoms with Crippen molar-refractivity contribution in [3.63, 3.8) is 0 Å². The molecular formula is C12H16N2O3. The van der Waals surface area contributed by atoms with E-state index in [4.69, 9.17) is 0 Å². The second kappa shape index (κ2) is 4.00. The molecule has 1 aliphatic heterocycles. The maximum atomic E-state index is 11.0. The molecule has 0 aliphatic carbocycles. The number of rotatable bonds is 2. The fraction of sp³-hybridized carbons (Fsp3) is 0.500. The van der Waals surface area contributed by atoms with Gasteiger partial charge in [0.2, 0.25) is 0 Å². The number of nitrogens with zero attached hydrogens (tertiary/aromatic N) is 2. The number of benzene rings is 1. The molecule has 1 unspecified atom stereocenters. The highest BCUT2D eigenvalue weighted by atomic mass is 16.6. The zero-order valence-corrected chi connectivity index (χ0v) is 10.0. The second-order valence-corrected chi connectivity index (χ2v) is 4.92. The first-order chi connectivity index (χ1) is 7.89. The lowest BCUT2D eigenvalue weighted by Gasteiger charge is -2.20. The van der Waals surface area contributed by atoms with Crippen LogP contribution in [-0.4, -0.2) is 28.7 Å². The lowest BCUT2D eigenvalue weighted by molar-refractivity contribution is -0.384. The van der Waals surface area contributed by atoms with Crippen LogP contribution in [-0.2, 0) is 0 Å². The first-order valence-corrected chi connectivity index (χ1v) is 5.61. The summed E-state index contributed by atoms with van der Waals surface area (Å²) >= 11 is 0. The van der Waals surface area contributed by atoms with Crippen LogP contribution in [0.15, 0.2) is 18.2 Å². The van der Waals surface area contributed by atoms with Gasteiger partial charge >= 0.3 is 0 Å². The summed E-state index contributed by atoms with van der Waals surface area (Å²) < 4.78 is 0. The van der Waals surface area contributed by atoms with Gasteiger partial charge in [0.1, 0.15) is 5.69 Å². The summed E-state index contributed by atoms with van der Waals surface area (Å²) in [7, 11) is 0. The Labute approximate surface area is 99.8 Å². The maximum Gasteiger partial charge on any atom is 0.292 e. The lowest BCUT2D eigenvalue weighted by Crippen LogP contribution is -2.29. The molecular weight excluding hydrogens is 220 g/mol. The fourth-order valence-electron chi connectivity index (χ4n) is 2.20. The monoisotopic (exact) mass is 236 g/mol. The molecule has 1 aromatic rings. The Morgan fingerprint density at radius 3 is 2.76 bits per heavy atom. The summed E-state index contributed by atoms with van der Waals surface area (Å²) in [5.74, 6) is 0. The third-order valence-corrected chi connectivity index (χ3v) is 3.12. The minimum atomic E-state index is -0.751. The quantitative estimate of drug-likeness (QED) is 0.628. The molecule has 0 spiro atoms. The molecule has 5 heteroatoms. The molecule has 1 aromatic carbocycles. The van der Waals surface area contributed by atoms with Gasteiger partial charge in [0.15, 0.2) is 0 Å². The van der Waals surface area contributed by atoms with Gasteiger partial charge in [0, 0.05) is 19.2 Å². The molecule has 1 saturated heterocycles. The Bertz CT molecular complexity index is 457. The normalized spacial score (nSPS) is 24.1. The van der Waals surface area contributed by atoms with E-state index in [0.29, 0.717) is 25.2 Å². The summed E-state index contributed by atoms with van der Waals surface area (Å²) in [5, 5.41) is 20.9. The zero-order chi connectivity index (χ0) is 12.6. The molecule has 2 rings (SSSR count). The summed E-state index contributed by atoms with van der Waals surface area (Å²) in [4.78, 5) is 12.5. The molecule has 1 fully saturated rings. The van der Waals surface area contributed by atoms with Crippen LogP contribution in [0.4, 0.5) is 11.4 Å². The third-order valence-electron chi connectivity index (χ3n) is 3.12. The Morgan fingerprint density at radius 2 is 2.24 bits per heavy atom. The van der Waals surface area contributed by atoms with Gasteiger partial charge in [-0.05, 0) is 31.9 Å². The van der Waals surface area contributed by atoms with Crippen molar-refractivity contribution in [1.82, 2.24) is 0 Å². The van der Waals surface area contributed by atoms with Crippen molar-refractivity contribution in [3.05, 3.63) is 33.9 Å². The van der Waals surface area contributed by atoms with Crippen LogP contribution in [0.1, 0.15) is 18.9 Å². The fourth-order valence-corrected chi connectivity index (χ4v) is 2.20. The highest BCUT2D eigenvalue weighted by molar-refractivity contribution is 5.65. The molecule has 1 heterocycles. The summed E-state index contributed by atoms with van der Waals surface area (Å²) in [6, 6.07) is 5.19. The van der Waals surface area contributed by atoms with Gasteiger partial charge in [0.25, 0.3) is 5.69 Å². The van der Waals surface area contributed by atoms with Crippen molar-refractivity contribution in [1.29, 1.82) is 0 Å². The Kier molecular flexibility index (Phi) is 2.79. The van der Waals surface area contributed by atoms with Gasteiger partial charge in [-0.1, -0.05) is 6.07 Å². The lowest BCUT2D eigenvalue weighted by atomic mass is 10.1. The SMILES string of the molecule is Cc1ccc(N2CCC(C)(O)C2)c([N+](=O)[O-])c1. The van der Waals surface area contributed by atoms with E-state index in [2.05, 4.69) is 0 Å². The van der Waals surface area contributed by atoms with E-state index < -0.39 is 5.60 Å². The highest BCUT2D eigenvalue weighted by Crippen LogP contribution is 2.33. The minimum absolute atomic E-state index is 0.114. The average Bonchev–Trinajstić information content (AvgIpc) is 2.58. The summed E-state index contributed by atoms with van der Waals surface area (Å²) in [6.07, 6.45) is 0.637. The zero-order valence-electron chi connectivity index (χ0n) is 10.0. The van der Waals surface area contributed by atoms with E-state index in [1.807, 2.05) is 17.9 Å². The molecule has 0 bridgehead atoms. The number of hydrogen-bond acceptors (Lipinski definition) is 4. The van der Waals surface area contributed by atoms with Crippen LogP contribution >= 0.6 is 0 Å². The van der Waals surface area contributed by atoms with Crippen molar-refractivity contribution in [2.45, 2.75) is 25.9 Å². The number of β-amino-alcohol motifs (C(OH)–C–C–N with tert-alkyl or cyclic N) is 1. The molecule has 0 saturated carbocycles. The first-order valence-electron chi connectivity index (χ1n) is 5.61. The number of nitro groups is 1. The number of aliphatic hydroxyl groups is 1. The van der Waals surface area contributed by atoms with Crippen LogP contribution in [0.3, 0.4) is 0 Å². The Hall–Kier alpha value is -1.62. The minimum Gasteiger partial charge on any atom is -0.388 e. The van der Waals surface area contributed by atoms with E-state index in [-0.39, 0.29) is 10.6 Å². The predicted molar refractivity (Wildman–Crippen MR) is 65.3 cm³/mol. The van der Waals surface area contributed by atoms with Gasteiger partial charge in [-0.15, -0.1) is 0 Å². The highest BCUT2D eigenvalue weighted by Gasteiger charge is 2.34. The van der Waals surface area contributed by atoms with E-state index in [1.54, 1.807) is 19.1 Å². The largest absolute Gasteiger partial charge is 0.388 e. The molecule has 0 radical (unpaired) electrons. The molecule has 1 N–H and O–H groups in total. The van der Waals surface area contributed by atoms with Crippen LogP contribution in [0.25, 0.3) is 0 Å². The summed E-state index contributed by atoms with van der Waals surface area (Å²) in [5.41, 5.74) is 0.825. The van der Waals surface area contributed by atoms with Gasteiger partial charge in [-0.3, -0.25) is 10.1 Å². The van der Waals surface area contributed by atoms with Crippen molar-refractivity contribution >= 4 is 11.4 Å². The van der Waals surface area contributed by atoms with Crippen molar-refractivity contribution in [2.24, 2.45) is 0 Å². The predicted octanol–water partition coefficient (Wildman–Crippen LogP) is 1.86.